The van der Waals surface area contributed by atoms with Crippen LogP contribution >= 0.6 is 24.0 Å². The standard InChI is InChI=1S/C21H25N3O6S3/c1-22(13-18(25)23(2)15-8-6-14(7-9-15)21(27)30-3)20(26)17-11-16(31)12-24(17)33(28,29)19-5-4-10-32-19/h4-10,16-17,31H,11-13H2,1-3H3/t16-,17+/m1/s1. The molecule has 3 rings (SSSR count). The summed E-state index contributed by atoms with van der Waals surface area (Å²) in [6.07, 6.45) is 0.260. The molecule has 0 bridgehead atoms. The van der Waals surface area contributed by atoms with Crippen molar-refractivity contribution >= 4 is 57.5 Å². The Morgan fingerprint density at radius 1 is 1.18 bits per heavy atom. The number of hydrogen-bond donors (Lipinski definition) is 1. The summed E-state index contributed by atoms with van der Waals surface area (Å²) in [6.45, 7) is -0.122. The molecule has 33 heavy (non-hydrogen) atoms. The third-order valence-corrected chi connectivity index (χ3v) is 9.00. The summed E-state index contributed by atoms with van der Waals surface area (Å²) in [5, 5.41) is 1.38. The predicted molar refractivity (Wildman–Crippen MR) is 128 cm³/mol. The molecule has 2 heterocycles. The number of thiophene rings is 1. The Morgan fingerprint density at radius 2 is 1.85 bits per heavy atom. The Kier molecular flexibility index (Phi) is 7.83. The SMILES string of the molecule is COC(=O)c1ccc(N(C)C(=O)CN(C)C(=O)[C@@H]2C[C@@H](S)CN2S(=O)(=O)c2cccs2)cc1. The van der Waals surface area contributed by atoms with Crippen molar-refractivity contribution in [1.29, 1.82) is 0 Å². The van der Waals surface area contributed by atoms with Gasteiger partial charge in [0.05, 0.1) is 19.2 Å². The molecule has 0 radical (unpaired) electrons. The van der Waals surface area contributed by atoms with Crippen LogP contribution in [0.15, 0.2) is 46.0 Å². The third kappa shape index (κ3) is 5.40. The maximum Gasteiger partial charge on any atom is 0.337 e. The molecule has 2 amide bonds. The molecular weight excluding hydrogens is 486 g/mol. The second-order valence-electron chi connectivity index (χ2n) is 7.60. The first-order valence-corrected chi connectivity index (χ1v) is 12.8. The number of nitrogens with zero attached hydrogens (tertiary/aromatic N) is 3. The number of amides is 2. The minimum Gasteiger partial charge on any atom is -0.465 e. The number of carbonyl (C=O) groups excluding carboxylic acids is 3. The van der Waals surface area contributed by atoms with Crippen LogP contribution in [0, 0.1) is 0 Å². The van der Waals surface area contributed by atoms with Crippen LogP contribution in [0.25, 0.3) is 0 Å². The van der Waals surface area contributed by atoms with E-state index in [0.717, 1.165) is 11.3 Å². The molecule has 1 fully saturated rings. The second-order valence-corrected chi connectivity index (χ2v) is 11.4. The summed E-state index contributed by atoms with van der Waals surface area (Å²) in [4.78, 5) is 40.1. The van der Waals surface area contributed by atoms with E-state index in [1.54, 1.807) is 42.8 Å². The highest BCUT2D eigenvalue weighted by atomic mass is 32.2. The number of anilines is 1. The first kappa shape index (κ1) is 25.2. The normalized spacial score (nSPS) is 18.7. The monoisotopic (exact) mass is 511 g/mol. The number of sulfonamides is 1. The average molecular weight is 512 g/mol. The summed E-state index contributed by atoms with van der Waals surface area (Å²) < 4.78 is 32.0. The Morgan fingerprint density at radius 3 is 2.42 bits per heavy atom. The number of methoxy groups -OCH3 is 1. The molecule has 2 aromatic rings. The molecule has 12 heteroatoms. The number of benzene rings is 1. The molecular formula is C21H25N3O6S3. The molecule has 1 saturated heterocycles. The zero-order valence-electron chi connectivity index (χ0n) is 18.4. The van der Waals surface area contributed by atoms with Crippen LogP contribution in [0.1, 0.15) is 16.8 Å². The van der Waals surface area contributed by atoms with Gasteiger partial charge >= 0.3 is 5.97 Å². The van der Waals surface area contributed by atoms with Crippen LogP contribution in [0.2, 0.25) is 0 Å². The van der Waals surface area contributed by atoms with E-state index in [1.807, 2.05) is 0 Å². The Balaban J connectivity index is 1.70. The van der Waals surface area contributed by atoms with Crippen molar-refractivity contribution in [2.24, 2.45) is 0 Å². The lowest BCUT2D eigenvalue weighted by Crippen LogP contribution is -2.49. The molecule has 1 aliphatic heterocycles. The van der Waals surface area contributed by atoms with Crippen molar-refractivity contribution in [3.8, 4) is 0 Å². The van der Waals surface area contributed by atoms with Gasteiger partial charge in [0.25, 0.3) is 10.0 Å². The minimum atomic E-state index is -3.83. The Bertz CT molecular complexity index is 1120. The fourth-order valence-corrected chi connectivity index (χ4v) is 6.77. The summed E-state index contributed by atoms with van der Waals surface area (Å²) in [7, 11) is 0.473. The van der Waals surface area contributed by atoms with Crippen LogP contribution in [0.4, 0.5) is 5.69 Å². The lowest BCUT2D eigenvalue weighted by Gasteiger charge is -2.28. The van der Waals surface area contributed by atoms with Gasteiger partial charge in [0.1, 0.15) is 10.3 Å². The number of carbonyl (C=O) groups is 3. The van der Waals surface area contributed by atoms with Gasteiger partial charge in [-0.1, -0.05) is 6.07 Å². The summed E-state index contributed by atoms with van der Waals surface area (Å²) in [6, 6.07) is 8.49. The van der Waals surface area contributed by atoms with Gasteiger partial charge in [-0.25, -0.2) is 13.2 Å². The van der Waals surface area contributed by atoms with Gasteiger partial charge in [0.15, 0.2) is 0 Å². The molecule has 9 nitrogen and oxygen atoms in total. The van der Waals surface area contributed by atoms with Crippen LogP contribution in [0.3, 0.4) is 0 Å². The molecule has 178 valence electrons. The van der Waals surface area contributed by atoms with E-state index in [-0.39, 0.29) is 34.9 Å². The van der Waals surface area contributed by atoms with Gasteiger partial charge < -0.3 is 14.5 Å². The van der Waals surface area contributed by atoms with Crippen molar-refractivity contribution in [2.45, 2.75) is 21.9 Å². The topological polar surface area (TPSA) is 104 Å². The van der Waals surface area contributed by atoms with E-state index in [9.17, 15) is 22.8 Å². The first-order chi connectivity index (χ1) is 15.6. The highest BCUT2D eigenvalue weighted by molar-refractivity contribution is 7.91. The summed E-state index contributed by atoms with van der Waals surface area (Å²) in [5.74, 6) is -1.32. The van der Waals surface area contributed by atoms with Gasteiger partial charge in [-0.2, -0.15) is 16.9 Å². The van der Waals surface area contributed by atoms with E-state index >= 15 is 0 Å². The lowest BCUT2D eigenvalue weighted by molar-refractivity contribution is -0.136. The summed E-state index contributed by atoms with van der Waals surface area (Å²) in [5.41, 5.74) is 0.885. The van der Waals surface area contributed by atoms with Gasteiger partial charge in [-0.15, -0.1) is 11.3 Å². The van der Waals surface area contributed by atoms with Gasteiger partial charge in [-0.05, 0) is 42.1 Å². The zero-order valence-corrected chi connectivity index (χ0v) is 20.9. The number of esters is 1. The number of likely N-dealkylation sites (N-methyl/N-ethyl adjacent to an activating group) is 2. The highest BCUT2D eigenvalue weighted by Gasteiger charge is 2.44. The molecule has 2 atom stereocenters. The van der Waals surface area contributed by atoms with E-state index in [2.05, 4.69) is 17.4 Å². The Hall–Kier alpha value is -2.41. The van der Waals surface area contributed by atoms with Crippen molar-refractivity contribution in [3.63, 3.8) is 0 Å². The molecule has 0 aliphatic carbocycles. The van der Waals surface area contributed by atoms with Gasteiger partial charge in [0, 0.05) is 31.6 Å². The highest BCUT2D eigenvalue weighted by Crippen LogP contribution is 2.31. The second kappa shape index (κ2) is 10.2. The molecule has 1 aromatic carbocycles. The van der Waals surface area contributed by atoms with Crippen LogP contribution in [-0.2, 0) is 24.3 Å². The van der Waals surface area contributed by atoms with E-state index in [1.165, 1.54) is 34.3 Å². The maximum atomic E-state index is 13.1. The number of thiol groups is 1. The first-order valence-electron chi connectivity index (χ1n) is 9.99. The Labute approximate surface area is 202 Å². The minimum absolute atomic E-state index is 0.119. The molecule has 1 aliphatic rings. The van der Waals surface area contributed by atoms with E-state index in [4.69, 9.17) is 0 Å². The lowest BCUT2D eigenvalue weighted by atomic mass is 10.2. The van der Waals surface area contributed by atoms with Crippen molar-refractivity contribution in [1.82, 2.24) is 9.21 Å². The zero-order chi connectivity index (χ0) is 24.3. The number of ether oxygens (including phenoxy) is 1. The molecule has 0 saturated carbocycles. The predicted octanol–water partition coefficient (Wildman–Crippen LogP) is 1.72. The third-order valence-electron chi connectivity index (χ3n) is 5.38. The van der Waals surface area contributed by atoms with Crippen molar-refractivity contribution in [2.75, 3.05) is 39.2 Å². The molecule has 0 unspecified atom stereocenters. The fraction of sp³-hybridized carbons (Fsp3) is 0.381. The van der Waals surface area contributed by atoms with Crippen LogP contribution in [0.5, 0.6) is 0 Å². The van der Waals surface area contributed by atoms with E-state index in [0.29, 0.717) is 11.3 Å². The number of rotatable bonds is 7. The van der Waals surface area contributed by atoms with Gasteiger partial charge in [0.2, 0.25) is 11.8 Å². The average Bonchev–Trinajstić information content (AvgIpc) is 3.48. The quantitative estimate of drug-likeness (QED) is 0.448. The van der Waals surface area contributed by atoms with Crippen molar-refractivity contribution in [3.05, 3.63) is 47.3 Å². The fourth-order valence-electron chi connectivity index (χ4n) is 3.52. The smallest absolute Gasteiger partial charge is 0.337 e. The summed E-state index contributed by atoms with van der Waals surface area (Å²) >= 11 is 5.49. The number of hydrogen-bond acceptors (Lipinski definition) is 8. The van der Waals surface area contributed by atoms with Crippen LogP contribution < -0.4 is 4.90 Å². The van der Waals surface area contributed by atoms with Crippen molar-refractivity contribution < 1.29 is 27.5 Å². The maximum absolute atomic E-state index is 13.1. The van der Waals surface area contributed by atoms with Gasteiger partial charge in [-0.3, -0.25) is 9.59 Å². The van der Waals surface area contributed by atoms with E-state index < -0.39 is 27.9 Å². The molecule has 1 aromatic heterocycles. The molecule has 0 spiro atoms. The largest absolute Gasteiger partial charge is 0.465 e. The van der Waals surface area contributed by atoms with Crippen LogP contribution in [-0.4, -0.2) is 81.0 Å². The molecule has 0 N–H and O–H groups in total.